The number of aromatic nitrogens is 3. The monoisotopic (exact) mass is 334 g/mol. The number of carbonyl (C=O) groups is 1. The third kappa shape index (κ3) is 2.71. The number of nitrogens with two attached hydrogens (primary N) is 1. The van der Waals surface area contributed by atoms with Gasteiger partial charge in [0.05, 0.1) is 23.8 Å². The van der Waals surface area contributed by atoms with Crippen LogP contribution in [0.4, 0.5) is 5.82 Å². The number of carbonyl (C=O) groups excluding carboxylic acids is 1. The predicted molar refractivity (Wildman–Crippen MR) is 86.0 cm³/mol. The van der Waals surface area contributed by atoms with Gasteiger partial charge in [-0.15, -0.1) is 0 Å². The summed E-state index contributed by atoms with van der Waals surface area (Å²) in [6, 6.07) is 3.60. The number of hydrogen-bond donors (Lipinski definition) is 2. The number of anilines is 1. The van der Waals surface area contributed by atoms with E-state index in [1.54, 1.807) is 31.4 Å². The summed E-state index contributed by atoms with van der Waals surface area (Å²) in [6.07, 6.45) is 0.598. The van der Waals surface area contributed by atoms with E-state index < -0.39 is 11.7 Å². The average molecular weight is 334 g/mol. The lowest BCUT2D eigenvalue weighted by atomic mass is 9.95. The molecular formula is C16H22N4O4. The smallest absolute Gasteiger partial charge is 0.308 e. The Hall–Kier alpha value is -2.19. The average Bonchev–Trinajstić information content (AvgIpc) is 3.08. The molecule has 8 heteroatoms. The van der Waals surface area contributed by atoms with Gasteiger partial charge in [-0.2, -0.15) is 5.10 Å². The van der Waals surface area contributed by atoms with E-state index in [-0.39, 0.29) is 24.6 Å². The molecule has 0 saturated carbocycles. The topological polar surface area (TPSA) is 112 Å². The summed E-state index contributed by atoms with van der Waals surface area (Å²) < 4.78 is 12.9. The van der Waals surface area contributed by atoms with Gasteiger partial charge in [0, 0.05) is 6.42 Å². The quantitative estimate of drug-likeness (QED) is 0.798. The first-order chi connectivity index (χ1) is 11.3. The van der Waals surface area contributed by atoms with E-state index in [0.717, 1.165) is 0 Å². The standard InChI is InChI=1S/C16H22N4O4/c1-9(2)15(22)23-7-10-6-13(21)16(3,24-10)12-5-4-11-14(17)18-8-19-20(11)12/h4-5,8-10,13,21H,6-7H2,1-3H3,(H2,17,18,19)/t10-,13+,16-/m0/s1. The van der Waals surface area contributed by atoms with E-state index in [4.69, 9.17) is 15.2 Å². The highest BCUT2D eigenvalue weighted by Crippen LogP contribution is 2.40. The van der Waals surface area contributed by atoms with E-state index in [2.05, 4.69) is 10.1 Å². The number of hydrogen-bond acceptors (Lipinski definition) is 7. The maximum atomic E-state index is 11.6. The van der Waals surface area contributed by atoms with Crippen LogP contribution in [-0.2, 0) is 19.9 Å². The Bertz CT molecular complexity index is 760. The van der Waals surface area contributed by atoms with E-state index >= 15 is 0 Å². The molecule has 3 heterocycles. The zero-order valence-corrected chi connectivity index (χ0v) is 14.0. The maximum absolute atomic E-state index is 11.6. The fourth-order valence-corrected chi connectivity index (χ4v) is 2.95. The second-order valence-electron chi connectivity index (χ2n) is 6.54. The summed E-state index contributed by atoms with van der Waals surface area (Å²) in [5, 5.41) is 14.7. The van der Waals surface area contributed by atoms with Crippen LogP contribution in [0.2, 0.25) is 0 Å². The largest absolute Gasteiger partial charge is 0.463 e. The van der Waals surface area contributed by atoms with Crippen molar-refractivity contribution in [1.29, 1.82) is 0 Å². The predicted octanol–water partition coefficient (Wildman–Crippen LogP) is 0.876. The molecule has 3 N–H and O–H groups in total. The van der Waals surface area contributed by atoms with Crippen LogP contribution in [-0.4, -0.2) is 44.5 Å². The Morgan fingerprint density at radius 3 is 3.04 bits per heavy atom. The van der Waals surface area contributed by atoms with Crippen molar-refractivity contribution in [2.24, 2.45) is 5.92 Å². The molecule has 1 saturated heterocycles. The molecule has 1 fully saturated rings. The normalized spacial score (nSPS) is 27.0. The maximum Gasteiger partial charge on any atom is 0.308 e. The minimum Gasteiger partial charge on any atom is -0.463 e. The molecule has 2 aromatic rings. The molecule has 1 aliphatic heterocycles. The lowest BCUT2D eigenvalue weighted by molar-refractivity contribution is -0.154. The minimum absolute atomic E-state index is 0.115. The number of nitrogen functional groups attached to an aromatic ring is 1. The molecule has 8 nitrogen and oxygen atoms in total. The molecule has 0 aliphatic carbocycles. The molecule has 0 amide bonds. The third-order valence-corrected chi connectivity index (χ3v) is 4.41. The SMILES string of the molecule is CC(C)C(=O)OC[C@@H]1C[C@@H](O)[C@](C)(c2ccc3c(N)ncnn23)O1. The first-order valence-corrected chi connectivity index (χ1v) is 7.94. The summed E-state index contributed by atoms with van der Waals surface area (Å²) in [5.74, 6) is -0.123. The van der Waals surface area contributed by atoms with E-state index in [9.17, 15) is 9.90 Å². The molecule has 0 unspecified atom stereocenters. The van der Waals surface area contributed by atoms with E-state index in [0.29, 0.717) is 23.4 Å². The summed E-state index contributed by atoms with van der Waals surface area (Å²) in [6.45, 7) is 5.45. The Morgan fingerprint density at radius 2 is 2.33 bits per heavy atom. The van der Waals surface area contributed by atoms with Gasteiger partial charge in [-0.3, -0.25) is 4.79 Å². The number of ether oxygens (including phenoxy) is 2. The summed E-state index contributed by atoms with van der Waals surface area (Å²) >= 11 is 0. The Balaban J connectivity index is 1.82. The molecular weight excluding hydrogens is 312 g/mol. The number of nitrogens with zero attached hydrogens (tertiary/aromatic N) is 3. The molecule has 3 rings (SSSR count). The minimum atomic E-state index is -0.970. The number of rotatable bonds is 4. The van der Waals surface area contributed by atoms with E-state index in [1.807, 2.05) is 6.07 Å². The van der Waals surface area contributed by atoms with Gasteiger partial charge in [0.15, 0.2) is 5.82 Å². The summed E-state index contributed by atoms with van der Waals surface area (Å²) in [5.41, 5.74) is 6.21. The van der Waals surface area contributed by atoms with Crippen molar-refractivity contribution in [2.75, 3.05) is 12.3 Å². The van der Waals surface area contributed by atoms with Crippen molar-refractivity contribution in [3.05, 3.63) is 24.2 Å². The second kappa shape index (κ2) is 6.03. The fourth-order valence-electron chi connectivity index (χ4n) is 2.95. The lowest BCUT2D eigenvalue weighted by Crippen LogP contribution is -2.35. The third-order valence-electron chi connectivity index (χ3n) is 4.41. The lowest BCUT2D eigenvalue weighted by Gasteiger charge is -2.27. The molecule has 130 valence electrons. The Morgan fingerprint density at radius 1 is 1.58 bits per heavy atom. The van der Waals surface area contributed by atoms with Crippen molar-refractivity contribution in [2.45, 2.75) is 45.0 Å². The molecule has 0 bridgehead atoms. The van der Waals surface area contributed by atoms with Crippen LogP contribution in [0.25, 0.3) is 5.52 Å². The molecule has 0 aromatic carbocycles. The first-order valence-electron chi connectivity index (χ1n) is 7.94. The van der Waals surface area contributed by atoms with Gasteiger partial charge in [0.25, 0.3) is 0 Å². The molecule has 24 heavy (non-hydrogen) atoms. The van der Waals surface area contributed by atoms with Crippen LogP contribution in [0.1, 0.15) is 32.9 Å². The zero-order chi connectivity index (χ0) is 17.5. The van der Waals surface area contributed by atoms with Crippen LogP contribution in [0, 0.1) is 5.92 Å². The van der Waals surface area contributed by atoms with Crippen molar-refractivity contribution < 1.29 is 19.4 Å². The number of aliphatic hydroxyl groups is 1. The van der Waals surface area contributed by atoms with Crippen LogP contribution in [0.15, 0.2) is 18.5 Å². The van der Waals surface area contributed by atoms with Crippen molar-refractivity contribution in [3.8, 4) is 0 Å². The molecule has 0 spiro atoms. The van der Waals surface area contributed by atoms with Gasteiger partial charge >= 0.3 is 5.97 Å². The highest BCUT2D eigenvalue weighted by atomic mass is 16.6. The highest BCUT2D eigenvalue weighted by Gasteiger charge is 2.48. The van der Waals surface area contributed by atoms with Gasteiger partial charge in [-0.1, -0.05) is 13.8 Å². The van der Waals surface area contributed by atoms with Crippen LogP contribution >= 0.6 is 0 Å². The highest BCUT2D eigenvalue weighted by molar-refractivity contribution is 5.71. The molecule has 3 atom stereocenters. The van der Waals surface area contributed by atoms with E-state index in [1.165, 1.54) is 6.33 Å². The number of aliphatic hydroxyl groups excluding tert-OH is 1. The number of esters is 1. The van der Waals surface area contributed by atoms with Gasteiger partial charge in [-0.25, -0.2) is 9.50 Å². The Labute approximate surface area is 139 Å². The zero-order valence-electron chi connectivity index (χ0n) is 14.0. The van der Waals surface area contributed by atoms with Gasteiger partial charge < -0.3 is 20.3 Å². The van der Waals surface area contributed by atoms with Crippen molar-refractivity contribution >= 4 is 17.3 Å². The summed E-state index contributed by atoms with van der Waals surface area (Å²) in [4.78, 5) is 15.6. The molecule has 0 radical (unpaired) electrons. The number of fused-ring (bicyclic) bond motifs is 1. The molecule has 1 aliphatic rings. The summed E-state index contributed by atoms with van der Waals surface area (Å²) in [7, 11) is 0. The van der Waals surface area contributed by atoms with Gasteiger partial charge in [0.1, 0.15) is 24.1 Å². The first kappa shape index (κ1) is 16.7. The van der Waals surface area contributed by atoms with Crippen LogP contribution < -0.4 is 5.73 Å². The second-order valence-corrected chi connectivity index (χ2v) is 6.54. The van der Waals surface area contributed by atoms with Crippen LogP contribution in [0.5, 0.6) is 0 Å². The van der Waals surface area contributed by atoms with Gasteiger partial charge in [0.2, 0.25) is 0 Å². The Kier molecular flexibility index (Phi) is 4.18. The van der Waals surface area contributed by atoms with Gasteiger partial charge in [-0.05, 0) is 19.1 Å². The van der Waals surface area contributed by atoms with Crippen LogP contribution in [0.3, 0.4) is 0 Å². The fraction of sp³-hybridized carbons (Fsp3) is 0.562. The van der Waals surface area contributed by atoms with Crippen molar-refractivity contribution in [3.63, 3.8) is 0 Å². The van der Waals surface area contributed by atoms with Crippen molar-refractivity contribution in [1.82, 2.24) is 14.6 Å². The molecule has 2 aromatic heterocycles.